The lowest BCUT2D eigenvalue weighted by Crippen LogP contribution is -2.32. The molecule has 2 N–H and O–H groups in total. The zero-order valence-corrected chi connectivity index (χ0v) is 11.6. The number of oxazole rings is 1. The lowest BCUT2D eigenvalue weighted by atomic mass is 10.0. The molecule has 0 radical (unpaired) electrons. The van der Waals surface area contributed by atoms with E-state index in [0.29, 0.717) is 17.9 Å². The second-order valence-electron chi connectivity index (χ2n) is 5.25. The SMILES string of the molecule is NC(CCC(F)(F)F)C1=Nc2ccc(-c3cnco3)cc2C1. The fraction of sp³-hybridized carbons (Fsp3) is 0.333. The van der Waals surface area contributed by atoms with Crippen LogP contribution in [0.25, 0.3) is 11.3 Å². The van der Waals surface area contributed by atoms with E-state index in [0.717, 1.165) is 16.8 Å². The second-order valence-corrected chi connectivity index (χ2v) is 5.25. The molecule has 1 atom stereocenters. The van der Waals surface area contributed by atoms with Crippen molar-refractivity contribution in [2.75, 3.05) is 0 Å². The summed E-state index contributed by atoms with van der Waals surface area (Å²) in [6.45, 7) is 0. The Morgan fingerprint density at radius 1 is 1.32 bits per heavy atom. The van der Waals surface area contributed by atoms with Crippen molar-refractivity contribution in [2.45, 2.75) is 31.5 Å². The van der Waals surface area contributed by atoms with Gasteiger partial charge in [-0.1, -0.05) is 0 Å². The summed E-state index contributed by atoms with van der Waals surface area (Å²) < 4.78 is 42.0. The van der Waals surface area contributed by atoms with Gasteiger partial charge in [0, 0.05) is 30.2 Å². The van der Waals surface area contributed by atoms with Gasteiger partial charge in [-0.15, -0.1) is 0 Å². The third kappa shape index (κ3) is 3.19. The first-order chi connectivity index (χ1) is 10.4. The highest BCUT2D eigenvalue weighted by Gasteiger charge is 2.29. The van der Waals surface area contributed by atoms with Crippen molar-refractivity contribution in [3.63, 3.8) is 0 Å². The van der Waals surface area contributed by atoms with E-state index in [1.54, 1.807) is 6.20 Å². The van der Waals surface area contributed by atoms with Crippen LogP contribution in [0.3, 0.4) is 0 Å². The number of hydrogen-bond donors (Lipinski definition) is 1. The molecule has 1 aromatic heterocycles. The molecule has 0 saturated carbocycles. The Morgan fingerprint density at radius 3 is 2.82 bits per heavy atom. The predicted octanol–water partition coefficient (Wildman–Crippen LogP) is 3.64. The van der Waals surface area contributed by atoms with Gasteiger partial charge in [0.1, 0.15) is 0 Å². The second kappa shape index (κ2) is 5.57. The van der Waals surface area contributed by atoms with Gasteiger partial charge < -0.3 is 10.2 Å². The molecule has 22 heavy (non-hydrogen) atoms. The van der Waals surface area contributed by atoms with E-state index in [1.807, 2.05) is 18.2 Å². The molecule has 4 nitrogen and oxygen atoms in total. The molecule has 2 aromatic rings. The first-order valence-corrected chi connectivity index (χ1v) is 6.84. The van der Waals surface area contributed by atoms with Crippen LogP contribution in [-0.4, -0.2) is 22.9 Å². The Hall–Kier alpha value is -2.15. The quantitative estimate of drug-likeness (QED) is 0.937. The van der Waals surface area contributed by atoms with E-state index in [4.69, 9.17) is 10.2 Å². The largest absolute Gasteiger partial charge is 0.444 e. The van der Waals surface area contributed by atoms with Crippen LogP contribution in [-0.2, 0) is 6.42 Å². The fourth-order valence-corrected chi connectivity index (χ4v) is 2.44. The first kappa shape index (κ1) is 14.8. The standard InChI is InChI=1S/C15H14F3N3O/c16-15(17,18)4-3-11(19)13-6-10-5-9(1-2-12(10)21-13)14-7-20-8-22-14/h1-2,5,7-8,11H,3-4,6,19H2. The van der Waals surface area contributed by atoms with Crippen LogP contribution >= 0.6 is 0 Å². The van der Waals surface area contributed by atoms with Gasteiger partial charge >= 0.3 is 6.18 Å². The number of fused-ring (bicyclic) bond motifs is 1. The van der Waals surface area contributed by atoms with E-state index < -0.39 is 18.6 Å². The van der Waals surface area contributed by atoms with Gasteiger partial charge in [-0.2, -0.15) is 13.2 Å². The van der Waals surface area contributed by atoms with Gasteiger partial charge in [0.15, 0.2) is 12.2 Å². The van der Waals surface area contributed by atoms with Crippen LogP contribution in [0.2, 0.25) is 0 Å². The number of hydrogen-bond acceptors (Lipinski definition) is 4. The van der Waals surface area contributed by atoms with E-state index in [9.17, 15) is 13.2 Å². The van der Waals surface area contributed by atoms with Gasteiger partial charge in [-0.05, 0) is 30.2 Å². The maximum Gasteiger partial charge on any atom is 0.389 e. The molecule has 0 amide bonds. The molecule has 2 heterocycles. The molecular weight excluding hydrogens is 295 g/mol. The minimum absolute atomic E-state index is 0.148. The van der Waals surface area contributed by atoms with Crippen LogP contribution < -0.4 is 5.73 Å². The number of rotatable bonds is 4. The summed E-state index contributed by atoms with van der Waals surface area (Å²) in [6.07, 6.45) is -1.82. The topological polar surface area (TPSA) is 64.4 Å². The Labute approximate surface area is 124 Å². The van der Waals surface area contributed by atoms with Gasteiger partial charge in [-0.25, -0.2) is 4.98 Å². The maximum absolute atomic E-state index is 12.3. The molecule has 0 saturated heterocycles. The third-order valence-corrected chi connectivity index (χ3v) is 3.60. The van der Waals surface area contributed by atoms with Crippen molar-refractivity contribution in [1.82, 2.24) is 4.98 Å². The minimum Gasteiger partial charge on any atom is -0.444 e. The van der Waals surface area contributed by atoms with Crippen molar-refractivity contribution in [3.05, 3.63) is 36.4 Å². The number of benzene rings is 1. The van der Waals surface area contributed by atoms with E-state index in [2.05, 4.69) is 9.98 Å². The molecule has 0 bridgehead atoms. The van der Waals surface area contributed by atoms with E-state index >= 15 is 0 Å². The Bertz CT molecular complexity index is 693. The molecular formula is C15H14F3N3O. The molecule has 0 spiro atoms. The maximum atomic E-state index is 12.3. The zero-order valence-electron chi connectivity index (χ0n) is 11.6. The summed E-state index contributed by atoms with van der Waals surface area (Å²) >= 11 is 0. The monoisotopic (exact) mass is 309 g/mol. The fourth-order valence-electron chi connectivity index (χ4n) is 2.44. The van der Waals surface area contributed by atoms with Gasteiger partial charge in [-0.3, -0.25) is 4.99 Å². The van der Waals surface area contributed by atoms with Gasteiger partial charge in [0.2, 0.25) is 0 Å². The van der Waals surface area contributed by atoms with Crippen molar-refractivity contribution in [3.8, 4) is 11.3 Å². The predicted molar refractivity (Wildman–Crippen MR) is 76.0 cm³/mol. The first-order valence-electron chi connectivity index (χ1n) is 6.84. The molecule has 0 aliphatic carbocycles. The van der Waals surface area contributed by atoms with E-state index in [1.165, 1.54) is 6.39 Å². The molecule has 3 rings (SSSR count). The minimum atomic E-state index is -4.19. The number of nitrogens with zero attached hydrogens (tertiary/aromatic N) is 2. The molecule has 1 aromatic carbocycles. The van der Waals surface area contributed by atoms with Gasteiger partial charge in [0.25, 0.3) is 0 Å². The normalized spacial score (nSPS) is 15.5. The van der Waals surface area contributed by atoms with Crippen molar-refractivity contribution < 1.29 is 17.6 Å². The summed E-state index contributed by atoms with van der Waals surface area (Å²) in [5.41, 5.74) is 8.98. The van der Waals surface area contributed by atoms with Crippen LogP contribution in [0.5, 0.6) is 0 Å². The van der Waals surface area contributed by atoms with Crippen molar-refractivity contribution in [1.29, 1.82) is 0 Å². The molecule has 116 valence electrons. The number of alkyl halides is 3. The van der Waals surface area contributed by atoms with Crippen LogP contribution in [0.1, 0.15) is 18.4 Å². The Morgan fingerprint density at radius 2 is 2.14 bits per heavy atom. The average Bonchev–Trinajstić information content (AvgIpc) is 3.11. The summed E-state index contributed by atoms with van der Waals surface area (Å²) in [4.78, 5) is 8.21. The Kier molecular flexibility index (Phi) is 3.74. The summed E-state index contributed by atoms with van der Waals surface area (Å²) in [5.74, 6) is 0.637. The number of halogens is 3. The summed E-state index contributed by atoms with van der Waals surface area (Å²) in [7, 11) is 0. The molecule has 0 fully saturated rings. The number of aromatic nitrogens is 1. The molecule has 1 unspecified atom stereocenters. The highest BCUT2D eigenvalue weighted by atomic mass is 19.4. The van der Waals surface area contributed by atoms with Crippen LogP contribution in [0.15, 0.2) is 40.2 Å². The van der Waals surface area contributed by atoms with E-state index in [-0.39, 0.29) is 6.42 Å². The zero-order chi connectivity index (χ0) is 15.7. The highest BCUT2D eigenvalue weighted by molar-refractivity contribution is 5.98. The van der Waals surface area contributed by atoms with Crippen LogP contribution in [0.4, 0.5) is 18.9 Å². The Balaban J connectivity index is 1.71. The third-order valence-electron chi connectivity index (χ3n) is 3.60. The number of nitrogens with two attached hydrogens (primary N) is 1. The molecule has 7 heteroatoms. The summed E-state index contributed by atoms with van der Waals surface area (Å²) in [6, 6.07) is 4.88. The molecule has 1 aliphatic heterocycles. The van der Waals surface area contributed by atoms with Crippen molar-refractivity contribution in [2.24, 2.45) is 10.7 Å². The van der Waals surface area contributed by atoms with Gasteiger partial charge in [0.05, 0.1) is 11.9 Å². The molecule has 1 aliphatic rings. The van der Waals surface area contributed by atoms with Crippen LogP contribution in [0, 0.1) is 0 Å². The smallest absolute Gasteiger partial charge is 0.389 e. The lowest BCUT2D eigenvalue weighted by Gasteiger charge is -2.12. The summed E-state index contributed by atoms with van der Waals surface area (Å²) in [5, 5.41) is 0. The number of aliphatic imine (C=N–C) groups is 1. The lowest BCUT2D eigenvalue weighted by molar-refractivity contribution is -0.135. The highest BCUT2D eigenvalue weighted by Crippen LogP contribution is 2.32. The average molecular weight is 309 g/mol. The van der Waals surface area contributed by atoms with Crippen molar-refractivity contribution >= 4 is 11.4 Å².